The minimum Gasteiger partial charge on any atom is -0.325 e. The van der Waals surface area contributed by atoms with Crippen LogP contribution >= 0.6 is 11.8 Å². The van der Waals surface area contributed by atoms with Gasteiger partial charge in [0.05, 0.1) is 5.75 Å². The molecule has 3 aromatic carbocycles. The first-order valence-corrected chi connectivity index (χ1v) is 10.4. The van der Waals surface area contributed by atoms with Crippen molar-refractivity contribution in [1.82, 2.24) is 0 Å². The van der Waals surface area contributed by atoms with Gasteiger partial charge in [-0.2, -0.15) is 0 Å². The number of carbonyl (C=O) groups is 2. The van der Waals surface area contributed by atoms with Gasteiger partial charge in [0.15, 0.2) is 0 Å². The van der Waals surface area contributed by atoms with E-state index in [1.54, 1.807) is 0 Å². The molecule has 4 nitrogen and oxygen atoms in total. The Labute approximate surface area is 175 Å². The second-order valence-electron chi connectivity index (χ2n) is 6.98. The Morgan fingerprint density at radius 2 is 1.41 bits per heavy atom. The van der Waals surface area contributed by atoms with Crippen LogP contribution in [0.15, 0.2) is 71.6 Å². The lowest BCUT2D eigenvalue weighted by molar-refractivity contribution is -0.113. The lowest BCUT2D eigenvalue weighted by atomic mass is 10.1. The van der Waals surface area contributed by atoms with E-state index in [0.29, 0.717) is 11.3 Å². The Kier molecular flexibility index (Phi) is 6.73. The summed E-state index contributed by atoms with van der Waals surface area (Å²) in [4.78, 5) is 25.4. The van der Waals surface area contributed by atoms with Gasteiger partial charge in [0.25, 0.3) is 5.91 Å². The molecule has 0 aliphatic rings. The van der Waals surface area contributed by atoms with Crippen LogP contribution in [0.25, 0.3) is 0 Å². The van der Waals surface area contributed by atoms with Crippen LogP contribution < -0.4 is 10.6 Å². The molecule has 0 aromatic heterocycles. The number of rotatable bonds is 6. The number of nitrogens with one attached hydrogen (secondary N) is 2. The minimum absolute atomic E-state index is 0.0463. The highest BCUT2D eigenvalue weighted by molar-refractivity contribution is 8.00. The van der Waals surface area contributed by atoms with Crippen molar-refractivity contribution in [2.24, 2.45) is 0 Å². The number of thioether (sulfide) groups is 1. The maximum atomic E-state index is 12.3. The van der Waals surface area contributed by atoms with E-state index in [9.17, 15) is 9.59 Å². The first-order chi connectivity index (χ1) is 13.9. The smallest absolute Gasteiger partial charge is 0.255 e. The second-order valence-corrected chi connectivity index (χ2v) is 8.03. The summed E-state index contributed by atoms with van der Waals surface area (Å²) in [5, 5.41) is 5.81. The van der Waals surface area contributed by atoms with Crippen molar-refractivity contribution in [3.63, 3.8) is 0 Å². The van der Waals surface area contributed by atoms with E-state index < -0.39 is 0 Å². The molecule has 0 unspecified atom stereocenters. The zero-order valence-electron chi connectivity index (χ0n) is 16.8. The van der Waals surface area contributed by atoms with E-state index in [2.05, 4.69) is 10.6 Å². The molecule has 148 valence electrons. The molecule has 0 fully saturated rings. The van der Waals surface area contributed by atoms with Crippen molar-refractivity contribution in [2.75, 3.05) is 16.4 Å². The number of amides is 2. The average molecular weight is 405 g/mol. The van der Waals surface area contributed by atoms with Gasteiger partial charge < -0.3 is 10.6 Å². The molecule has 3 rings (SSSR count). The van der Waals surface area contributed by atoms with Crippen LogP contribution in [-0.2, 0) is 4.79 Å². The Bertz CT molecular complexity index is 1010. The maximum absolute atomic E-state index is 12.3. The van der Waals surface area contributed by atoms with Crippen LogP contribution in [0.2, 0.25) is 0 Å². The molecule has 0 bridgehead atoms. The monoisotopic (exact) mass is 404 g/mol. The lowest BCUT2D eigenvalue weighted by Gasteiger charge is -2.09. The number of benzene rings is 3. The van der Waals surface area contributed by atoms with Crippen molar-refractivity contribution in [1.29, 1.82) is 0 Å². The predicted molar refractivity (Wildman–Crippen MR) is 121 cm³/mol. The molecule has 0 saturated carbocycles. The Hall–Kier alpha value is -3.05. The molecule has 3 aromatic rings. The van der Waals surface area contributed by atoms with E-state index in [1.807, 2.05) is 87.5 Å². The molecular weight excluding hydrogens is 380 g/mol. The van der Waals surface area contributed by atoms with E-state index >= 15 is 0 Å². The van der Waals surface area contributed by atoms with Gasteiger partial charge in [-0.3, -0.25) is 9.59 Å². The summed E-state index contributed by atoms with van der Waals surface area (Å²) in [6.45, 7) is 6.06. The molecule has 0 saturated heterocycles. The van der Waals surface area contributed by atoms with Gasteiger partial charge in [0, 0.05) is 21.8 Å². The summed E-state index contributed by atoms with van der Waals surface area (Å²) in [6, 6.07) is 20.8. The molecule has 0 aliphatic carbocycles. The zero-order chi connectivity index (χ0) is 20.8. The van der Waals surface area contributed by atoms with E-state index in [-0.39, 0.29) is 11.8 Å². The fraction of sp³-hybridized carbons (Fsp3) is 0.167. The third-order valence-electron chi connectivity index (χ3n) is 4.59. The number of hydrogen-bond donors (Lipinski definition) is 2. The standard InChI is InChI=1S/C24H24N2O2S/c1-16-4-7-19(8-5-16)24(28)26-20-10-12-22(13-11-20)29-15-23(27)25-21-9-6-17(2)18(3)14-21/h4-14H,15H2,1-3H3,(H,25,27)(H,26,28). The Balaban J connectivity index is 1.50. The van der Waals surface area contributed by atoms with Crippen LogP contribution in [0.3, 0.4) is 0 Å². The summed E-state index contributed by atoms with van der Waals surface area (Å²) >= 11 is 1.46. The molecule has 0 atom stereocenters. The fourth-order valence-electron chi connectivity index (χ4n) is 2.71. The summed E-state index contributed by atoms with van der Waals surface area (Å²) in [5.74, 6) is 0.135. The van der Waals surface area contributed by atoms with Gasteiger partial charge in [-0.05, 0) is 80.4 Å². The van der Waals surface area contributed by atoms with Gasteiger partial charge in [-0.25, -0.2) is 0 Å². The second kappa shape index (κ2) is 9.43. The van der Waals surface area contributed by atoms with Gasteiger partial charge in [0.1, 0.15) is 0 Å². The minimum atomic E-state index is -0.141. The maximum Gasteiger partial charge on any atom is 0.255 e. The number of carbonyl (C=O) groups excluding carboxylic acids is 2. The first kappa shape index (κ1) is 20.7. The van der Waals surface area contributed by atoms with Crippen molar-refractivity contribution in [3.05, 3.63) is 89.0 Å². The summed E-state index contributed by atoms with van der Waals surface area (Å²) in [7, 11) is 0. The first-order valence-electron chi connectivity index (χ1n) is 9.39. The highest BCUT2D eigenvalue weighted by Gasteiger charge is 2.07. The van der Waals surface area contributed by atoms with E-state index in [1.165, 1.54) is 17.3 Å². The van der Waals surface area contributed by atoms with Gasteiger partial charge >= 0.3 is 0 Å². The summed E-state index contributed by atoms with van der Waals surface area (Å²) in [5.41, 5.74) is 5.62. The van der Waals surface area contributed by atoms with Gasteiger partial charge in [0.2, 0.25) is 5.91 Å². The van der Waals surface area contributed by atoms with Crippen molar-refractivity contribution >= 4 is 35.0 Å². The summed E-state index contributed by atoms with van der Waals surface area (Å²) < 4.78 is 0. The molecule has 0 aliphatic heterocycles. The van der Waals surface area contributed by atoms with Crippen molar-refractivity contribution in [3.8, 4) is 0 Å². The van der Waals surface area contributed by atoms with Crippen molar-refractivity contribution < 1.29 is 9.59 Å². The van der Waals surface area contributed by atoms with E-state index in [0.717, 1.165) is 27.4 Å². The molecule has 2 N–H and O–H groups in total. The average Bonchev–Trinajstić information content (AvgIpc) is 2.71. The third-order valence-corrected chi connectivity index (χ3v) is 5.60. The topological polar surface area (TPSA) is 58.2 Å². The molecule has 0 spiro atoms. The van der Waals surface area contributed by atoms with E-state index in [4.69, 9.17) is 0 Å². The van der Waals surface area contributed by atoms with Crippen LogP contribution in [-0.4, -0.2) is 17.6 Å². The molecule has 0 heterocycles. The highest BCUT2D eigenvalue weighted by Crippen LogP contribution is 2.21. The molecular formula is C24H24N2O2S. The highest BCUT2D eigenvalue weighted by atomic mass is 32.2. The quantitative estimate of drug-likeness (QED) is 0.526. The molecule has 2 amide bonds. The van der Waals surface area contributed by atoms with Crippen LogP contribution in [0.1, 0.15) is 27.0 Å². The lowest BCUT2D eigenvalue weighted by Crippen LogP contribution is -2.14. The Morgan fingerprint density at radius 3 is 2.07 bits per heavy atom. The predicted octanol–water partition coefficient (Wildman–Crippen LogP) is 5.59. The number of aryl methyl sites for hydroxylation is 3. The van der Waals surface area contributed by atoms with Gasteiger partial charge in [-0.1, -0.05) is 23.8 Å². The van der Waals surface area contributed by atoms with Crippen LogP contribution in [0.4, 0.5) is 11.4 Å². The largest absolute Gasteiger partial charge is 0.325 e. The van der Waals surface area contributed by atoms with Crippen molar-refractivity contribution in [2.45, 2.75) is 25.7 Å². The Morgan fingerprint density at radius 1 is 0.759 bits per heavy atom. The number of hydrogen-bond acceptors (Lipinski definition) is 3. The third kappa shape index (κ3) is 5.96. The zero-order valence-corrected chi connectivity index (χ0v) is 17.6. The van der Waals surface area contributed by atoms with Crippen LogP contribution in [0, 0.1) is 20.8 Å². The number of anilines is 2. The molecule has 5 heteroatoms. The van der Waals surface area contributed by atoms with Gasteiger partial charge in [-0.15, -0.1) is 11.8 Å². The summed E-state index contributed by atoms with van der Waals surface area (Å²) in [6.07, 6.45) is 0. The fourth-order valence-corrected chi connectivity index (χ4v) is 3.41. The van der Waals surface area contributed by atoms with Crippen LogP contribution in [0.5, 0.6) is 0 Å². The SMILES string of the molecule is Cc1ccc(C(=O)Nc2ccc(SCC(=O)Nc3ccc(C)c(C)c3)cc2)cc1. The normalized spacial score (nSPS) is 10.4. The molecule has 29 heavy (non-hydrogen) atoms. The molecule has 0 radical (unpaired) electrons.